The number of ether oxygens (including phenoxy) is 3. The summed E-state index contributed by atoms with van der Waals surface area (Å²) in [6, 6.07) is 14.2. The Balaban J connectivity index is 1.82. The van der Waals surface area contributed by atoms with E-state index in [0.29, 0.717) is 17.1 Å². The van der Waals surface area contributed by atoms with Gasteiger partial charge >= 0.3 is 5.97 Å². The van der Waals surface area contributed by atoms with E-state index in [4.69, 9.17) is 19.5 Å². The van der Waals surface area contributed by atoms with Crippen LogP contribution in [0, 0.1) is 17.1 Å². The summed E-state index contributed by atoms with van der Waals surface area (Å²) >= 11 is 0. The molecule has 0 fully saturated rings. The van der Waals surface area contributed by atoms with E-state index in [9.17, 15) is 9.18 Å². The van der Waals surface area contributed by atoms with E-state index in [1.165, 1.54) is 18.2 Å². The zero-order chi connectivity index (χ0) is 18.2. The number of nitrogens with zero attached hydrogens (tertiary/aromatic N) is 1. The van der Waals surface area contributed by atoms with Crippen LogP contribution in [0.4, 0.5) is 4.39 Å². The van der Waals surface area contributed by atoms with Crippen LogP contribution in [0.5, 0.6) is 11.5 Å². The zero-order valence-electron chi connectivity index (χ0n) is 13.9. The molecule has 0 heterocycles. The van der Waals surface area contributed by atoms with Crippen molar-refractivity contribution in [1.29, 1.82) is 5.26 Å². The molecule has 0 amide bonds. The Kier molecular flexibility index (Phi) is 6.35. The molecule has 0 bridgehead atoms. The number of carbonyl (C=O) groups is 1. The van der Waals surface area contributed by atoms with E-state index in [2.05, 4.69) is 0 Å². The average Bonchev–Trinajstić information content (AvgIpc) is 2.60. The predicted molar refractivity (Wildman–Crippen MR) is 88.7 cm³/mol. The number of carbonyl (C=O) groups excluding carboxylic acids is 1. The smallest absolute Gasteiger partial charge is 0.347 e. The van der Waals surface area contributed by atoms with Gasteiger partial charge in [-0.05, 0) is 44.2 Å². The maximum atomic E-state index is 13.1. The lowest BCUT2D eigenvalue weighted by Crippen LogP contribution is -2.31. The summed E-state index contributed by atoms with van der Waals surface area (Å²) in [5.41, 5.74) is 0.440. The fraction of sp³-hybridized carbons (Fsp3) is 0.263. The van der Waals surface area contributed by atoms with Crippen molar-refractivity contribution in [2.75, 3.05) is 6.61 Å². The van der Waals surface area contributed by atoms with Gasteiger partial charge in [-0.3, -0.25) is 0 Å². The van der Waals surface area contributed by atoms with Crippen LogP contribution in [0.25, 0.3) is 0 Å². The lowest BCUT2D eigenvalue weighted by atomic mass is 10.2. The Bertz CT molecular complexity index is 772. The molecule has 0 N–H and O–H groups in total. The first-order valence-corrected chi connectivity index (χ1v) is 7.73. The second kappa shape index (κ2) is 8.69. The van der Waals surface area contributed by atoms with Crippen molar-refractivity contribution in [2.45, 2.75) is 26.1 Å². The fourth-order valence-corrected chi connectivity index (χ4v) is 1.99. The molecule has 2 aromatic carbocycles. The van der Waals surface area contributed by atoms with Crippen molar-refractivity contribution >= 4 is 5.97 Å². The van der Waals surface area contributed by atoms with Gasteiger partial charge in [0.2, 0.25) is 0 Å². The number of rotatable bonds is 7. The average molecular weight is 343 g/mol. The monoisotopic (exact) mass is 343 g/mol. The molecule has 6 heteroatoms. The fourth-order valence-electron chi connectivity index (χ4n) is 1.99. The molecule has 5 nitrogen and oxygen atoms in total. The molecule has 0 saturated carbocycles. The van der Waals surface area contributed by atoms with Crippen molar-refractivity contribution in [3.05, 3.63) is 59.9 Å². The van der Waals surface area contributed by atoms with Crippen molar-refractivity contribution in [3.63, 3.8) is 0 Å². The Morgan fingerprint density at radius 2 is 1.88 bits per heavy atom. The maximum Gasteiger partial charge on any atom is 0.347 e. The van der Waals surface area contributed by atoms with Crippen LogP contribution in [-0.4, -0.2) is 24.8 Å². The van der Waals surface area contributed by atoms with Crippen LogP contribution in [0.3, 0.4) is 0 Å². The third kappa shape index (κ3) is 5.81. The Labute approximate surface area is 145 Å². The molecule has 0 aliphatic heterocycles. The number of hydrogen-bond acceptors (Lipinski definition) is 5. The van der Waals surface area contributed by atoms with Crippen LogP contribution >= 0.6 is 0 Å². The van der Waals surface area contributed by atoms with E-state index in [1.807, 2.05) is 6.07 Å². The van der Waals surface area contributed by atoms with Gasteiger partial charge in [0.1, 0.15) is 30.0 Å². The highest BCUT2D eigenvalue weighted by atomic mass is 19.1. The first kappa shape index (κ1) is 18.3. The van der Waals surface area contributed by atoms with Gasteiger partial charge in [0.05, 0.1) is 11.6 Å². The van der Waals surface area contributed by atoms with Gasteiger partial charge in [-0.1, -0.05) is 12.1 Å². The van der Waals surface area contributed by atoms with Crippen molar-refractivity contribution < 1.29 is 23.4 Å². The number of benzene rings is 2. The summed E-state index contributed by atoms with van der Waals surface area (Å²) in [7, 11) is 0. The number of nitriles is 1. The highest BCUT2D eigenvalue weighted by Gasteiger charge is 2.19. The predicted octanol–water partition coefficient (Wildman–Crippen LogP) is 3.48. The highest BCUT2D eigenvalue weighted by Crippen LogP contribution is 2.16. The van der Waals surface area contributed by atoms with Gasteiger partial charge in [-0.2, -0.15) is 5.26 Å². The first-order valence-electron chi connectivity index (χ1n) is 7.73. The Morgan fingerprint density at radius 1 is 1.16 bits per heavy atom. The molecule has 2 atom stereocenters. The number of halogens is 1. The molecule has 0 saturated heterocycles. The van der Waals surface area contributed by atoms with Crippen molar-refractivity contribution in [2.24, 2.45) is 0 Å². The molecule has 0 radical (unpaired) electrons. The molecule has 0 spiro atoms. The number of hydrogen-bond donors (Lipinski definition) is 0. The molecule has 2 aromatic rings. The summed E-state index contributed by atoms with van der Waals surface area (Å²) in [5.74, 6) is -0.186. The summed E-state index contributed by atoms with van der Waals surface area (Å²) in [6.45, 7) is 3.31. The minimum Gasteiger partial charge on any atom is -0.490 e. The third-order valence-corrected chi connectivity index (χ3v) is 3.21. The largest absolute Gasteiger partial charge is 0.490 e. The van der Waals surface area contributed by atoms with Gasteiger partial charge in [0.25, 0.3) is 0 Å². The Hall–Kier alpha value is -3.07. The van der Waals surface area contributed by atoms with Crippen LogP contribution in [0.2, 0.25) is 0 Å². The van der Waals surface area contributed by atoms with E-state index >= 15 is 0 Å². The van der Waals surface area contributed by atoms with E-state index in [1.54, 1.807) is 44.2 Å². The SMILES string of the molecule is CC(COc1cccc(F)c1)OC(=O)C(C)Oc1cccc(C#N)c1. The van der Waals surface area contributed by atoms with Gasteiger partial charge in [-0.15, -0.1) is 0 Å². The van der Waals surface area contributed by atoms with Gasteiger partial charge < -0.3 is 14.2 Å². The second-order valence-electron chi connectivity index (χ2n) is 5.42. The highest BCUT2D eigenvalue weighted by molar-refractivity contribution is 5.74. The van der Waals surface area contributed by atoms with Crippen molar-refractivity contribution in [3.8, 4) is 17.6 Å². The molecule has 130 valence electrons. The minimum atomic E-state index is -0.842. The van der Waals surface area contributed by atoms with Crippen LogP contribution in [0.15, 0.2) is 48.5 Å². The summed E-state index contributed by atoms with van der Waals surface area (Å²) in [4.78, 5) is 12.0. The van der Waals surface area contributed by atoms with Crippen molar-refractivity contribution in [1.82, 2.24) is 0 Å². The molecular formula is C19H18FNO4. The minimum absolute atomic E-state index is 0.0891. The number of esters is 1. The normalized spacial score (nSPS) is 12.6. The quantitative estimate of drug-likeness (QED) is 0.720. The standard InChI is InChI=1S/C19H18FNO4/c1-13(12-23-17-7-4-6-16(20)10-17)24-19(22)14(2)25-18-8-3-5-15(9-18)11-21/h3-10,13-14H,12H2,1-2H3. The summed E-state index contributed by atoms with van der Waals surface area (Å²) < 4.78 is 29.2. The topological polar surface area (TPSA) is 68.6 Å². The van der Waals surface area contributed by atoms with Crippen LogP contribution in [-0.2, 0) is 9.53 Å². The molecule has 2 rings (SSSR count). The zero-order valence-corrected chi connectivity index (χ0v) is 13.9. The van der Waals surface area contributed by atoms with Gasteiger partial charge in [0, 0.05) is 6.07 Å². The molecule has 25 heavy (non-hydrogen) atoms. The van der Waals surface area contributed by atoms with E-state index in [0.717, 1.165) is 0 Å². The summed E-state index contributed by atoms with van der Waals surface area (Å²) in [5, 5.41) is 8.86. The second-order valence-corrected chi connectivity index (χ2v) is 5.42. The maximum absolute atomic E-state index is 13.1. The molecule has 0 aromatic heterocycles. The van der Waals surface area contributed by atoms with E-state index < -0.39 is 24.0 Å². The van der Waals surface area contributed by atoms with E-state index in [-0.39, 0.29) is 6.61 Å². The van der Waals surface area contributed by atoms with Crippen LogP contribution in [0.1, 0.15) is 19.4 Å². The van der Waals surface area contributed by atoms with Gasteiger partial charge in [-0.25, -0.2) is 9.18 Å². The first-order chi connectivity index (χ1) is 12.0. The third-order valence-electron chi connectivity index (χ3n) is 3.21. The molecule has 0 aliphatic rings. The molecular weight excluding hydrogens is 325 g/mol. The molecule has 2 unspecified atom stereocenters. The lowest BCUT2D eigenvalue weighted by Gasteiger charge is -2.18. The van der Waals surface area contributed by atoms with Gasteiger partial charge in [0.15, 0.2) is 6.10 Å². The summed E-state index contributed by atoms with van der Waals surface area (Å²) in [6.07, 6.45) is -1.38. The van der Waals surface area contributed by atoms with Crippen LogP contribution < -0.4 is 9.47 Å². The molecule has 0 aliphatic carbocycles. The lowest BCUT2D eigenvalue weighted by molar-refractivity contribution is -0.157. The Morgan fingerprint density at radius 3 is 2.60 bits per heavy atom.